The van der Waals surface area contributed by atoms with E-state index in [-0.39, 0.29) is 17.5 Å². The van der Waals surface area contributed by atoms with Gasteiger partial charge in [0.15, 0.2) is 11.9 Å². The summed E-state index contributed by atoms with van der Waals surface area (Å²) in [7, 11) is 1.43. The lowest BCUT2D eigenvalue weighted by Gasteiger charge is -2.38. The van der Waals surface area contributed by atoms with Crippen LogP contribution in [0.5, 0.6) is 11.5 Å². The molecule has 0 aromatic heterocycles. The van der Waals surface area contributed by atoms with Gasteiger partial charge in [0.05, 0.1) is 7.11 Å². The van der Waals surface area contributed by atoms with Gasteiger partial charge in [0.2, 0.25) is 6.29 Å². The summed E-state index contributed by atoms with van der Waals surface area (Å²) >= 11 is 0. The number of aliphatic hydroxyl groups excluding tert-OH is 3. The number of hydrogen-bond acceptors (Lipinski definition) is 8. The number of carbonyl (C=O) groups excluding carboxylic acids is 1. The Bertz CT molecular complexity index is 743. The van der Waals surface area contributed by atoms with Crippen LogP contribution >= 0.6 is 0 Å². The molecule has 1 saturated heterocycles. The van der Waals surface area contributed by atoms with Crippen LogP contribution in [0.15, 0.2) is 24.3 Å². The van der Waals surface area contributed by atoms with Gasteiger partial charge in [-0.15, -0.1) is 0 Å². The highest BCUT2D eigenvalue weighted by Crippen LogP contribution is 2.30. The number of benzene rings is 1. The zero-order valence-corrected chi connectivity index (χ0v) is 15.7. The monoisotopic (exact) mass is 396 g/mol. The van der Waals surface area contributed by atoms with Crippen molar-refractivity contribution in [2.75, 3.05) is 7.11 Å². The minimum Gasteiger partial charge on any atom is -0.497 e. The van der Waals surface area contributed by atoms with Gasteiger partial charge in [0, 0.05) is 17.5 Å². The third kappa shape index (κ3) is 4.87. The summed E-state index contributed by atoms with van der Waals surface area (Å²) in [5.74, 6) is -1.29. The van der Waals surface area contributed by atoms with Crippen LogP contribution in [0, 0.1) is 5.92 Å². The van der Waals surface area contributed by atoms with Crippen LogP contribution in [0.3, 0.4) is 0 Å². The van der Waals surface area contributed by atoms with E-state index >= 15 is 0 Å². The van der Waals surface area contributed by atoms with Gasteiger partial charge in [-0.3, -0.25) is 4.79 Å². The highest BCUT2D eigenvalue weighted by atomic mass is 16.7. The number of hydrogen-bond donors (Lipinski definition) is 4. The summed E-state index contributed by atoms with van der Waals surface area (Å²) in [5, 5.41) is 38.9. The molecule has 0 aliphatic carbocycles. The van der Waals surface area contributed by atoms with Crippen LogP contribution in [0.2, 0.25) is 0 Å². The molecule has 2 rings (SSSR count). The number of carbonyl (C=O) groups is 2. The van der Waals surface area contributed by atoms with Crippen LogP contribution in [0.25, 0.3) is 6.08 Å². The van der Waals surface area contributed by atoms with E-state index in [0.29, 0.717) is 11.3 Å². The summed E-state index contributed by atoms with van der Waals surface area (Å²) < 4.78 is 15.8. The van der Waals surface area contributed by atoms with Crippen LogP contribution in [0.1, 0.15) is 19.4 Å². The van der Waals surface area contributed by atoms with E-state index in [0.717, 1.165) is 0 Å². The third-order valence-electron chi connectivity index (χ3n) is 4.27. The molecule has 0 amide bonds. The fraction of sp³-hybridized carbons (Fsp3) is 0.474. The molecule has 1 aliphatic heterocycles. The predicted octanol–water partition coefficient (Wildman–Crippen LogP) is 0.204. The maximum Gasteiger partial charge on any atom is 0.335 e. The van der Waals surface area contributed by atoms with Crippen molar-refractivity contribution in [3.05, 3.63) is 29.8 Å². The Kier molecular flexibility index (Phi) is 7.14. The first-order valence-electron chi connectivity index (χ1n) is 8.64. The van der Waals surface area contributed by atoms with Crippen molar-refractivity contribution < 1.29 is 44.2 Å². The zero-order valence-electron chi connectivity index (χ0n) is 15.7. The molecule has 0 saturated carbocycles. The molecule has 154 valence electrons. The number of carboxylic acid groups (broad SMARTS) is 1. The molecular weight excluding hydrogens is 372 g/mol. The molecule has 5 atom stereocenters. The number of rotatable bonds is 7. The number of aliphatic hydroxyl groups is 3. The van der Waals surface area contributed by atoms with Crippen molar-refractivity contribution >= 4 is 17.8 Å². The topological polar surface area (TPSA) is 143 Å². The molecule has 9 nitrogen and oxygen atoms in total. The van der Waals surface area contributed by atoms with Gasteiger partial charge in [0.25, 0.3) is 0 Å². The Balaban J connectivity index is 2.32. The normalized spacial score (nSPS) is 27.8. The zero-order chi connectivity index (χ0) is 21.0. The van der Waals surface area contributed by atoms with E-state index < -0.39 is 36.7 Å². The van der Waals surface area contributed by atoms with E-state index in [9.17, 15) is 24.9 Å². The first-order valence-corrected chi connectivity index (χ1v) is 8.64. The molecule has 0 radical (unpaired) electrons. The Morgan fingerprint density at radius 3 is 2.39 bits per heavy atom. The van der Waals surface area contributed by atoms with E-state index in [2.05, 4.69) is 0 Å². The van der Waals surface area contributed by atoms with Gasteiger partial charge < -0.3 is 34.6 Å². The Morgan fingerprint density at radius 2 is 1.82 bits per heavy atom. The maximum atomic E-state index is 11.8. The molecule has 5 unspecified atom stereocenters. The number of ketones is 1. The minimum absolute atomic E-state index is 0.111. The van der Waals surface area contributed by atoms with Gasteiger partial charge in [-0.1, -0.05) is 13.8 Å². The SMILES string of the molecule is COc1ccc(/C=C\C(=O)C(C)C)c(OC2OC(C(=O)O)C(O)C(O)C2O)c1. The van der Waals surface area contributed by atoms with E-state index in [4.69, 9.17) is 19.3 Å². The van der Waals surface area contributed by atoms with Crippen molar-refractivity contribution in [1.82, 2.24) is 0 Å². The average molecular weight is 396 g/mol. The molecule has 1 aliphatic rings. The lowest BCUT2D eigenvalue weighted by Crippen LogP contribution is -2.61. The second kappa shape index (κ2) is 9.16. The number of carboxylic acids is 1. The second-order valence-electron chi connectivity index (χ2n) is 6.65. The van der Waals surface area contributed by atoms with Crippen molar-refractivity contribution in [3.63, 3.8) is 0 Å². The lowest BCUT2D eigenvalue weighted by molar-refractivity contribution is -0.271. The Hall–Kier alpha value is -2.46. The summed E-state index contributed by atoms with van der Waals surface area (Å²) in [4.78, 5) is 23.1. The van der Waals surface area contributed by atoms with E-state index in [1.807, 2.05) is 0 Å². The predicted molar refractivity (Wildman–Crippen MR) is 96.8 cm³/mol. The largest absolute Gasteiger partial charge is 0.497 e. The average Bonchev–Trinajstić information content (AvgIpc) is 2.66. The van der Waals surface area contributed by atoms with Crippen molar-refractivity contribution in [3.8, 4) is 11.5 Å². The first kappa shape index (κ1) is 21.8. The first-order chi connectivity index (χ1) is 13.1. The van der Waals surface area contributed by atoms with Crippen LogP contribution in [-0.4, -0.2) is 70.0 Å². The molecular formula is C19H24O9. The Labute approximate surface area is 161 Å². The fourth-order valence-corrected chi connectivity index (χ4v) is 2.52. The molecule has 1 aromatic rings. The Morgan fingerprint density at radius 1 is 1.14 bits per heavy atom. The second-order valence-corrected chi connectivity index (χ2v) is 6.65. The lowest BCUT2D eigenvalue weighted by atomic mass is 9.99. The standard InChI is InChI=1S/C19H24O9/c1-9(2)12(20)7-5-10-4-6-11(26-3)8-13(10)27-19-16(23)14(21)15(22)17(28-19)18(24)25/h4-9,14-17,19,21-23H,1-3H3,(H,24,25)/b7-5-. The molecule has 4 N–H and O–H groups in total. The van der Waals surface area contributed by atoms with Gasteiger partial charge >= 0.3 is 5.97 Å². The molecule has 9 heteroatoms. The van der Waals surface area contributed by atoms with Crippen LogP contribution in [-0.2, 0) is 14.3 Å². The fourth-order valence-electron chi connectivity index (χ4n) is 2.52. The molecule has 28 heavy (non-hydrogen) atoms. The number of aliphatic carboxylic acids is 1. The van der Waals surface area contributed by atoms with Gasteiger partial charge in [-0.05, 0) is 24.3 Å². The summed E-state index contributed by atoms with van der Waals surface area (Å²) in [6.45, 7) is 3.51. The minimum atomic E-state index is -1.82. The van der Waals surface area contributed by atoms with Crippen molar-refractivity contribution in [2.24, 2.45) is 5.92 Å². The van der Waals surface area contributed by atoms with Crippen molar-refractivity contribution in [2.45, 2.75) is 44.6 Å². The van der Waals surface area contributed by atoms with Crippen LogP contribution in [0.4, 0.5) is 0 Å². The molecule has 1 aromatic carbocycles. The van der Waals surface area contributed by atoms with Crippen molar-refractivity contribution in [1.29, 1.82) is 0 Å². The highest BCUT2D eigenvalue weighted by molar-refractivity contribution is 5.95. The van der Waals surface area contributed by atoms with Gasteiger partial charge in [-0.2, -0.15) is 0 Å². The smallest absolute Gasteiger partial charge is 0.335 e. The van der Waals surface area contributed by atoms with Crippen LogP contribution < -0.4 is 9.47 Å². The summed E-state index contributed by atoms with van der Waals surface area (Å²) in [5.41, 5.74) is 0.443. The summed E-state index contributed by atoms with van der Waals surface area (Å²) in [6, 6.07) is 4.69. The molecule has 1 fully saturated rings. The number of methoxy groups -OCH3 is 1. The molecule has 0 spiro atoms. The third-order valence-corrected chi connectivity index (χ3v) is 4.27. The quantitative estimate of drug-likeness (QED) is 0.475. The van der Waals surface area contributed by atoms with E-state index in [1.54, 1.807) is 26.0 Å². The molecule has 1 heterocycles. The summed E-state index contributed by atoms with van der Waals surface area (Å²) in [6.07, 6.45) is -5.78. The number of allylic oxidation sites excluding steroid dienone is 1. The van der Waals surface area contributed by atoms with Gasteiger partial charge in [-0.25, -0.2) is 4.79 Å². The van der Waals surface area contributed by atoms with E-state index in [1.165, 1.54) is 25.3 Å². The highest BCUT2D eigenvalue weighted by Gasteiger charge is 2.48. The maximum absolute atomic E-state index is 11.8. The number of ether oxygens (including phenoxy) is 3. The molecule has 0 bridgehead atoms. The van der Waals surface area contributed by atoms with Gasteiger partial charge in [0.1, 0.15) is 29.8 Å².